The number of nitrogens with two attached hydrogens (primary N) is 1. The van der Waals surface area contributed by atoms with E-state index in [1.165, 1.54) is 0 Å². The topological polar surface area (TPSA) is 72.9 Å². The fraction of sp³-hybridized carbons (Fsp3) is 0.0667. The zero-order valence-corrected chi connectivity index (χ0v) is 11.8. The van der Waals surface area contributed by atoms with E-state index < -0.39 is 0 Å². The Morgan fingerprint density at radius 3 is 2.81 bits per heavy atom. The highest BCUT2D eigenvalue weighted by atomic mass is 35.5. The number of rotatable bonds is 3. The van der Waals surface area contributed by atoms with Crippen molar-refractivity contribution in [3.8, 4) is 0 Å². The SMILES string of the molecule is NNc1ccc(Cl)c(Cn2ccc(=O)c3ccccc32)n1. The number of hydrazine groups is 1. The molecule has 3 rings (SSSR count). The molecule has 0 bridgehead atoms. The van der Waals surface area contributed by atoms with Crippen LogP contribution in [0.1, 0.15) is 5.69 Å². The number of anilines is 1. The maximum atomic E-state index is 11.9. The molecule has 2 aromatic heterocycles. The van der Waals surface area contributed by atoms with Gasteiger partial charge in [-0.25, -0.2) is 10.8 Å². The molecule has 0 aliphatic heterocycles. The molecule has 0 saturated heterocycles. The van der Waals surface area contributed by atoms with Gasteiger partial charge in [0.2, 0.25) is 0 Å². The number of aromatic nitrogens is 2. The first-order chi connectivity index (χ1) is 10.2. The Labute approximate surface area is 126 Å². The molecule has 0 atom stereocenters. The third kappa shape index (κ3) is 2.61. The molecule has 0 fully saturated rings. The van der Waals surface area contributed by atoms with Crippen LogP contribution < -0.4 is 16.7 Å². The van der Waals surface area contributed by atoms with E-state index in [4.69, 9.17) is 17.4 Å². The van der Waals surface area contributed by atoms with Crippen LogP contribution in [0.3, 0.4) is 0 Å². The van der Waals surface area contributed by atoms with E-state index in [1.54, 1.807) is 30.5 Å². The molecule has 0 unspecified atom stereocenters. The second-order valence-corrected chi connectivity index (χ2v) is 5.00. The summed E-state index contributed by atoms with van der Waals surface area (Å²) in [7, 11) is 0. The van der Waals surface area contributed by atoms with Gasteiger partial charge >= 0.3 is 0 Å². The minimum atomic E-state index is -0.00159. The van der Waals surface area contributed by atoms with Crippen LogP contribution in [0, 0.1) is 0 Å². The molecule has 0 aliphatic carbocycles. The highest BCUT2D eigenvalue weighted by molar-refractivity contribution is 6.31. The lowest BCUT2D eigenvalue weighted by Gasteiger charge is -2.12. The molecule has 0 aliphatic rings. The molecule has 0 radical (unpaired) electrons. The quantitative estimate of drug-likeness (QED) is 0.575. The minimum Gasteiger partial charge on any atom is -0.341 e. The van der Waals surface area contributed by atoms with Gasteiger partial charge < -0.3 is 9.99 Å². The van der Waals surface area contributed by atoms with Gasteiger partial charge in [-0.3, -0.25) is 4.79 Å². The number of hydrogen-bond acceptors (Lipinski definition) is 4. The third-order valence-corrected chi connectivity index (χ3v) is 3.62. The molecule has 1 aromatic carbocycles. The Morgan fingerprint density at radius 2 is 2.00 bits per heavy atom. The summed E-state index contributed by atoms with van der Waals surface area (Å²) in [5, 5.41) is 1.22. The number of halogens is 1. The first kappa shape index (κ1) is 13.6. The Balaban J connectivity index is 2.11. The number of pyridine rings is 2. The van der Waals surface area contributed by atoms with Gasteiger partial charge in [-0.05, 0) is 24.3 Å². The normalized spacial score (nSPS) is 10.8. The van der Waals surface area contributed by atoms with Gasteiger partial charge in [0.25, 0.3) is 0 Å². The van der Waals surface area contributed by atoms with Gasteiger partial charge in [-0.1, -0.05) is 23.7 Å². The Hall–Kier alpha value is -2.37. The highest BCUT2D eigenvalue weighted by Gasteiger charge is 2.07. The average Bonchev–Trinajstić information content (AvgIpc) is 2.52. The van der Waals surface area contributed by atoms with Crippen molar-refractivity contribution in [3.05, 3.63) is 69.6 Å². The Bertz CT molecular complexity index is 860. The summed E-state index contributed by atoms with van der Waals surface area (Å²) in [5.41, 5.74) is 4.02. The molecule has 0 saturated carbocycles. The minimum absolute atomic E-state index is 0.00159. The predicted octanol–water partition coefficient (Wildman–Crippen LogP) is 2.38. The van der Waals surface area contributed by atoms with Crippen LogP contribution in [-0.4, -0.2) is 9.55 Å². The van der Waals surface area contributed by atoms with Crippen molar-refractivity contribution in [2.45, 2.75) is 6.54 Å². The molecule has 3 N–H and O–H groups in total. The van der Waals surface area contributed by atoms with Crippen molar-refractivity contribution in [2.24, 2.45) is 5.84 Å². The molecule has 2 heterocycles. The van der Waals surface area contributed by atoms with Crippen LogP contribution in [0.4, 0.5) is 5.82 Å². The first-order valence-corrected chi connectivity index (χ1v) is 6.77. The maximum absolute atomic E-state index is 11.9. The zero-order valence-electron chi connectivity index (χ0n) is 11.1. The lowest BCUT2D eigenvalue weighted by atomic mass is 10.2. The van der Waals surface area contributed by atoms with E-state index in [0.717, 1.165) is 5.52 Å². The molecule has 0 amide bonds. The maximum Gasteiger partial charge on any atom is 0.189 e. The van der Waals surface area contributed by atoms with Gasteiger partial charge in [-0.2, -0.15) is 0 Å². The van der Waals surface area contributed by atoms with E-state index in [2.05, 4.69) is 10.4 Å². The first-order valence-electron chi connectivity index (χ1n) is 6.39. The summed E-state index contributed by atoms with van der Waals surface area (Å²) < 4.78 is 1.94. The lowest BCUT2D eigenvalue weighted by molar-refractivity contribution is 0.799. The number of nitrogens with one attached hydrogen (secondary N) is 1. The van der Waals surface area contributed by atoms with Crippen molar-refractivity contribution in [1.29, 1.82) is 0 Å². The summed E-state index contributed by atoms with van der Waals surface area (Å²) in [6.45, 7) is 0.454. The number of para-hydroxylation sites is 1. The molecule has 5 nitrogen and oxygen atoms in total. The smallest absolute Gasteiger partial charge is 0.189 e. The average molecular weight is 301 g/mol. The van der Waals surface area contributed by atoms with E-state index in [0.29, 0.717) is 28.5 Å². The highest BCUT2D eigenvalue weighted by Crippen LogP contribution is 2.19. The standard InChI is InChI=1S/C15H13ClN4O/c16-11-5-6-15(19-17)18-12(11)9-20-8-7-14(21)10-3-1-2-4-13(10)20/h1-8H,9,17H2,(H,18,19). The van der Waals surface area contributed by atoms with E-state index in [1.807, 2.05) is 22.8 Å². The van der Waals surface area contributed by atoms with Crippen molar-refractivity contribution in [1.82, 2.24) is 9.55 Å². The summed E-state index contributed by atoms with van der Waals surface area (Å²) in [4.78, 5) is 16.2. The van der Waals surface area contributed by atoms with Crippen LogP contribution in [0.15, 0.2) is 53.5 Å². The lowest BCUT2D eigenvalue weighted by Crippen LogP contribution is -2.12. The number of hydrogen-bond donors (Lipinski definition) is 2. The van der Waals surface area contributed by atoms with Crippen molar-refractivity contribution in [2.75, 3.05) is 5.43 Å². The largest absolute Gasteiger partial charge is 0.341 e. The van der Waals surface area contributed by atoms with Crippen LogP contribution in [0.25, 0.3) is 10.9 Å². The van der Waals surface area contributed by atoms with Gasteiger partial charge in [0.05, 0.1) is 22.8 Å². The molecule has 0 spiro atoms. The molecular formula is C15H13ClN4O. The number of benzene rings is 1. The monoisotopic (exact) mass is 300 g/mol. The number of fused-ring (bicyclic) bond motifs is 1. The van der Waals surface area contributed by atoms with Crippen LogP contribution >= 0.6 is 11.6 Å². The summed E-state index contributed by atoms with van der Waals surface area (Å²) >= 11 is 6.18. The van der Waals surface area contributed by atoms with Gasteiger partial charge in [-0.15, -0.1) is 0 Å². The van der Waals surface area contributed by atoms with Gasteiger partial charge in [0.15, 0.2) is 5.43 Å². The number of nitrogen functional groups attached to an aromatic ring is 1. The van der Waals surface area contributed by atoms with Gasteiger partial charge in [0, 0.05) is 17.6 Å². The van der Waals surface area contributed by atoms with Crippen molar-refractivity contribution < 1.29 is 0 Å². The molecule has 21 heavy (non-hydrogen) atoms. The summed E-state index contributed by atoms with van der Waals surface area (Å²) in [6.07, 6.45) is 1.74. The Morgan fingerprint density at radius 1 is 1.19 bits per heavy atom. The zero-order chi connectivity index (χ0) is 14.8. The van der Waals surface area contributed by atoms with Crippen LogP contribution in [0.2, 0.25) is 5.02 Å². The second kappa shape index (κ2) is 5.55. The summed E-state index contributed by atoms with van der Waals surface area (Å²) in [5.74, 6) is 5.91. The van der Waals surface area contributed by atoms with E-state index in [-0.39, 0.29) is 5.43 Å². The fourth-order valence-corrected chi connectivity index (χ4v) is 2.40. The Kier molecular flexibility index (Phi) is 3.60. The van der Waals surface area contributed by atoms with Crippen molar-refractivity contribution in [3.63, 3.8) is 0 Å². The van der Waals surface area contributed by atoms with E-state index in [9.17, 15) is 4.79 Å². The summed E-state index contributed by atoms with van der Waals surface area (Å²) in [6, 6.07) is 12.4. The second-order valence-electron chi connectivity index (χ2n) is 4.59. The van der Waals surface area contributed by atoms with Gasteiger partial charge in [0.1, 0.15) is 5.82 Å². The fourth-order valence-electron chi connectivity index (χ4n) is 2.24. The van der Waals surface area contributed by atoms with Crippen LogP contribution in [0.5, 0.6) is 0 Å². The molecule has 106 valence electrons. The van der Waals surface area contributed by atoms with E-state index >= 15 is 0 Å². The molecule has 6 heteroatoms. The third-order valence-electron chi connectivity index (χ3n) is 3.27. The predicted molar refractivity (Wildman–Crippen MR) is 84.4 cm³/mol. The number of nitrogens with zero attached hydrogens (tertiary/aromatic N) is 2. The van der Waals surface area contributed by atoms with Crippen molar-refractivity contribution >= 4 is 28.3 Å². The van der Waals surface area contributed by atoms with Crippen LogP contribution in [-0.2, 0) is 6.54 Å². The molecular weight excluding hydrogens is 288 g/mol. The molecule has 3 aromatic rings.